The summed E-state index contributed by atoms with van der Waals surface area (Å²) in [4.78, 5) is 28.6. The number of pyridine rings is 1. The molecule has 1 amide bonds. The van der Waals surface area contributed by atoms with E-state index in [0.29, 0.717) is 22.5 Å². The number of carbonyl (C=O) groups is 2. The SMILES string of the molecule is COc1cc(-c2cnc3cc(-c4cnn(CC(=O)OCCF)c4)ccn23)cc(OC)c1C(=O)NCC(F)(F)F. The lowest BCUT2D eigenvalue weighted by atomic mass is 10.1. The number of benzene rings is 1. The van der Waals surface area contributed by atoms with Gasteiger partial charge < -0.3 is 19.5 Å². The molecular formula is C25H23F4N5O5. The van der Waals surface area contributed by atoms with Crippen LogP contribution in [0.1, 0.15) is 10.4 Å². The molecule has 3 aromatic heterocycles. The number of alkyl halides is 4. The molecule has 4 rings (SSSR count). The zero-order chi connectivity index (χ0) is 28.2. The molecule has 0 saturated carbocycles. The molecule has 0 spiro atoms. The predicted molar refractivity (Wildman–Crippen MR) is 130 cm³/mol. The standard InChI is InChI=1S/C25H23F4N5O5/c1-37-19-7-16(8-20(38-2)23(19)24(36)31-14-25(27,28)29)18-11-30-21-9-15(3-5-34(18)21)17-10-32-33(12-17)13-22(35)39-6-4-26/h3,5,7-12H,4,6,13-14H2,1-2H3,(H,31,36). The number of nitrogens with one attached hydrogen (secondary N) is 1. The number of amides is 1. The highest BCUT2D eigenvalue weighted by Gasteiger charge is 2.30. The van der Waals surface area contributed by atoms with Crippen molar-refractivity contribution in [3.63, 3.8) is 0 Å². The topological polar surface area (TPSA) is 109 Å². The van der Waals surface area contributed by atoms with E-state index in [1.165, 1.54) is 31.0 Å². The van der Waals surface area contributed by atoms with Crippen molar-refractivity contribution in [1.29, 1.82) is 0 Å². The predicted octanol–water partition coefficient (Wildman–Crippen LogP) is 3.69. The van der Waals surface area contributed by atoms with Crippen LogP contribution in [0.5, 0.6) is 11.5 Å². The molecule has 14 heteroatoms. The van der Waals surface area contributed by atoms with E-state index in [4.69, 9.17) is 14.2 Å². The van der Waals surface area contributed by atoms with Crippen LogP contribution in [-0.4, -0.2) is 71.3 Å². The van der Waals surface area contributed by atoms with E-state index in [-0.39, 0.29) is 30.2 Å². The first kappa shape index (κ1) is 27.4. The molecule has 39 heavy (non-hydrogen) atoms. The normalized spacial score (nSPS) is 11.4. The Morgan fingerprint density at radius 2 is 1.74 bits per heavy atom. The van der Waals surface area contributed by atoms with Crippen LogP contribution in [0.4, 0.5) is 17.6 Å². The van der Waals surface area contributed by atoms with E-state index in [1.54, 1.807) is 41.3 Å². The first-order valence-corrected chi connectivity index (χ1v) is 11.5. The van der Waals surface area contributed by atoms with Gasteiger partial charge in [-0.15, -0.1) is 0 Å². The number of hydrogen-bond donors (Lipinski definition) is 1. The van der Waals surface area contributed by atoms with Gasteiger partial charge in [-0.2, -0.15) is 18.3 Å². The summed E-state index contributed by atoms with van der Waals surface area (Å²) in [5.74, 6) is -1.56. The summed E-state index contributed by atoms with van der Waals surface area (Å²) in [5, 5.41) is 5.96. The summed E-state index contributed by atoms with van der Waals surface area (Å²) >= 11 is 0. The summed E-state index contributed by atoms with van der Waals surface area (Å²) in [6.45, 7) is -2.73. The van der Waals surface area contributed by atoms with E-state index in [0.717, 1.165) is 5.56 Å². The third-order valence-corrected chi connectivity index (χ3v) is 5.59. The molecule has 0 radical (unpaired) electrons. The van der Waals surface area contributed by atoms with Gasteiger partial charge in [0.05, 0.1) is 32.3 Å². The van der Waals surface area contributed by atoms with Gasteiger partial charge in [-0.1, -0.05) is 0 Å². The Morgan fingerprint density at radius 1 is 1.03 bits per heavy atom. The lowest BCUT2D eigenvalue weighted by molar-refractivity contribution is -0.145. The molecule has 0 aliphatic carbocycles. The van der Waals surface area contributed by atoms with Crippen molar-refractivity contribution < 1.29 is 41.4 Å². The fourth-order valence-corrected chi connectivity index (χ4v) is 3.86. The number of carbonyl (C=O) groups excluding carboxylic acids is 2. The van der Waals surface area contributed by atoms with E-state index in [1.807, 2.05) is 5.32 Å². The molecule has 0 atom stereocenters. The van der Waals surface area contributed by atoms with E-state index < -0.39 is 31.3 Å². The van der Waals surface area contributed by atoms with Gasteiger partial charge in [0.1, 0.15) is 49.1 Å². The highest BCUT2D eigenvalue weighted by atomic mass is 19.4. The summed E-state index contributed by atoms with van der Waals surface area (Å²) in [6, 6.07) is 6.61. The zero-order valence-corrected chi connectivity index (χ0v) is 20.8. The number of imidazole rings is 1. The Bertz CT molecular complexity index is 1470. The van der Waals surface area contributed by atoms with Crippen molar-refractivity contribution in [2.24, 2.45) is 0 Å². The summed E-state index contributed by atoms with van der Waals surface area (Å²) in [7, 11) is 2.58. The van der Waals surface area contributed by atoms with E-state index in [9.17, 15) is 27.2 Å². The van der Waals surface area contributed by atoms with Gasteiger partial charge in [-0.05, 0) is 29.8 Å². The minimum atomic E-state index is -4.58. The number of methoxy groups -OCH3 is 2. The highest BCUT2D eigenvalue weighted by molar-refractivity contribution is 6.00. The fraction of sp³-hybridized carbons (Fsp3) is 0.280. The minimum Gasteiger partial charge on any atom is -0.496 e. The minimum absolute atomic E-state index is 0.0213. The molecule has 206 valence electrons. The Labute approximate surface area is 219 Å². The van der Waals surface area contributed by atoms with Crippen LogP contribution < -0.4 is 14.8 Å². The van der Waals surface area contributed by atoms with Crippen LogP contribution in [0.3, 0.4) is 0 Å². The van der Waals surface area contributed by atoms with Gasteiger partial charge >= 0.3 is 12.1 Å². The van der Waals surface area contributed by atoms with Crippen molar-refractivity contribution in [2.45, 2.75) is 12.7 Å². The Morgan fingerprint density at radius 3 is 2.38 bits per heavy atom. The van der Waals surface area contributed by atoms with Crippen molar-refractivity contribution >= 4 is 17.5 Å². The molecule has 0 unspecified atom stereocenters. The van der Waals surface area contributed by atoms with Gasteiger partial charge in [0.25, 0.3) is 5.91 Å². The molecule has 0 aliphatic heterocycles. The van der Waals surface area contributed by atoms with E-state index >= 15 is 0 Å². The molecule has 4 aromatic rings. The second-order valence-corrected chi connectivity index (χ2v) is 8.18. The number of aromatic nitrogens is 4. The lowest BCUT2D eigenvalue weighted by Gasteiger charge is -2.16. The smallest absolute Gasteiger partial charge is 0.405 e. The van der Waals surface area contributed by atoms with Crippen molar-refractivity contribution in [3.8, 4) is 33.9 Å². The van der Waals surface area contributed by atoms with Crippen LogP contribution >= 0.6 is 0 Å². The number of halogens is 4. The molecule has 3 heterocycles. The maximum atomic E-state index is 12.6. The third-order valence-electron chi connectivity index (χ3n) is 5.59. The maximum absolute atomic E-state index is 12.6. The van der Waals surface area contributed by atoms with Crippen LogP contribution in [0.15, 0.2) is 49.1 Å². The monoisotopic (exact) mass is 549 g/mol. The van der Waals surface area contributed by atoms with Crippen molar-refractivity contribution in [2.75, 3.05) is 34.0 Å². The number of fused-ring (bicyclic) bond motifs is 1. The number of ether oxygens (including phenoxy) is 3. The van der Waals surface area contributed by atoms with Crippen LogP contribution in [0.2, 0.25) is 0 Å². The molecule has 1 aromatic carbocycles. The molecular weight excluding hydrogens is 526 g/mol. The largest absolute Gasteiger partial charge is 0.496 e. The van der Waals surface area contributed by atoms with Gasteiger partial charge in [-0.3, -0.25) is 18.7 Å². The number of rotatable bonds is 10. The zero-order valence-electron chi connectivity index (χ0n) is 20.8. The average Bonchev–Trinajstić information content (AvgIpc) is 3.56. The second-order valence-electron chi connectivity index (χ2n) is 8.18. The molecule has 0 fully saturated rings. The Kier molecular flexibility index (Phi) is 8.02. The molecule has 0 saturated heterocycles. The second kappa shape index (κ2) is 11.4. The number of nitrogens with zero attached hydrogens (tertiary/aromatic N) is 4. The molecule has 0 bridgehead atoms. The van der Waals surface area contributed by atoms with Crippen LogP contribution in [0.25, 0.3) is 28.0 Å². The van der Waals surface area contributed by atoms with Crippen molar-refractivity contribution in [3.05, 3.63) is 54.6 Å². The van der Waals surface area contributed by atoms with Crippen LogP contribution in [0, 0.1) is 0 Å². The molecule has 0 aliphatic rings. The number of hydrogen-bond acceptors (Lipinski definition) is 7. The first-order valence-electron chi connectivity index (χ1n) is 11.5. The van der Waals surface area contributed by atoms with Gasteiger partial charge in [-0.25, -0.2) is 9.37 Å². The summed E-state index contributed by atoms with van der Waals surface area (Å²) < 4.78 is 68.5. The Hall–Kier alpha value is -4.62. The average molecular weight is 549 g/mol. The third kappa shape index (κ3) is 6.27. The van der Waals surface area contributed by atoms with E-state index in [2.05, 4.69) is 10.1 Å². The Balaban J connectivity index is 1.62. The molecule has 10 nitrogen and oxygen atoms in total. The van der Waals surface area contributed by atoms with Gasteiger partial charge in [0.15, 0.2) is 0 Å². The maximum Gasteiger partial charge on any atom is 0.405 e. The van der Waals surface area contributed by atoms with Gasteiger partial charge in [0.2, 0.25) is 0 Å². The quantitative estimate of drug-likeness (QED) is 0.237. The first-order chi connectivity index (χ1) is 18.6. The highest BCUT2D eigenvalue weighted by Crippen LogP contribution is 2.36. The van der Waals surface area contributed by atoms with Crippen LogP contribution in [-0.2, 0) is 16.1 Å². The molecule has 1 N–H and O–H groups in total. The summed E-state index contributed by atoms with van der Waals surface area (Å²) in [6.07, 6.45) is 1.97. The number of esters is 1. The van der Waals surface area contributed by atoms with Gasteiger partial charge in [0, 0.05) is 23.5 Å². The fourth-order valence-electron chi connectivity index (χ4n) is 3.86. The lowest BCUT2D eigenvalue weighted by Crippen LogP contribution is -2.34. The summed E-state index contributed by atoms with van der Waals surface area (Å²) in [5.41, 5.74) is 2.99. The van der Waals surface area contributed by atoms with Crippen molar-refractivity contribution in [1.82, 2.24) is 24.5 Å².